The first-order valence-electron chi connectivity index (χ1n) is 6.47. The molecule has 2 unspecified atom stereocenters. The number of nitro benzene ring substituents is 1. The number of nitrogens with one attached hydrogen (secondary N) is 1. The lowest BCUT2D eigenvalue weighted by Gasteiger charge is -2.25. The molecule has 7 heteroatoms. The Kier molecular flexibility index (Phi) is 4.57. The van der Waals surface area contributed by atoms with Crippen molar-refractivity contribution in [2.24, 2.45) is 11.7 Å². The van der Waals surface area contributed by atoms with Crippen LogP contribution in [-0.2, 0) is 4.79 Å². The van der Waals surface area contributed by atoms with Gasteiger partial charge in [0.25, 0.3) is 5.69 Å². The van der Waals surface area contributed by atoms with E-state index in [4.69, 9.17) is 17.3 Å². The summed E-state index contributed by atoms with van der Waals surface area (Å²) < 4.78 is 0. The topological polar surface area (TPSA) is 98.3 Å². The predicted molar refractivity (Wildman–Crippen MR) is 76.7 cm³/mol. The molecular formula is C13H16ClN3O3. The zero-order valence-electron chi connectivity index (χ0n) is 10.8. The molecule has 0 spiro atoms. The number of carbonyl (C=O) groups is 1. The highest BCUT2D eigenvalue weighted by Gasteiger charge is 2.27. The number of nitro groups is 1. The molecule has 3 N–H and O–H groups in total. The van der Waals surface area contributed by atoms with Crippen molar-refractivity contribution in [2.45, 2.75) is 31.7 Å². The molecule has 1 aliphatic carbocycles. The molecule has 0 radical (unpaired) electrons. The van der Waals surface area contributed by atoms with Crippen LogP contribution in [0.3, 0.4) is 0 Å². The molecule has 2 rings (SSSR count). The quantitative estimate of drug-likeness (QED) is 0.662. The van der Waals surface area contributed by atoms with E-state index >= 15 is 0 Å². The number of benzene rings is 1. The van der Waals surface area contributed by atoms with Crippen molar-refractivity contribution >= 4 is 28.9 Å². The van der Waals surface area contributed by atoms with Crippen LogP contribution >= 0.6 is 11.6 Å². The van der Waals surface area contributed by atoms with Gasteiger partial charge in [0.05, 0.1) is 4.92 Å². The van der Waals surface area contributed by atoms with Crippen LogP contribution in [0, 0.1) is 16.0 Å². The summed E-state index contributed by atoms with van der Waals surface area (Å²) >= 11 is 5.82. The molecule has 1 aromatic carbocycles. The van der Waals surface area contributed by atoms with Crippen molar-refractivity contribution in [3.05, 3.63) is 33.3 Å². The van der Waals surface area contributed by atoms with Crippen LogP contribution in [0.25, 0.3) is 0 Å². The molecular weight excluding hydrogens is 282 g/mol. The molecule has 0 saturated heterocycles. The van der Waals surface area contributed by atoms with Crippen LogP contribution < -0.4 is 11.1 Å². The maximum Gasteiger partial charge on any atom is 0.292 e. The fraction of sp³-hybridized carbons (Fsp3) is 0.462. The van der Waals surface area contributed by atoms with E-state index in [1.54, 1.807) is 0 Å². The van der Waals surface area contributed by atoms with E-state index in [2.05, 4.69) is 5.32 Å². The van der Waals surface area contributed by atoms with E-state index in [1.807, 2.05) is 0 Å². The van der Waals surface area contributed by atoms with Gasteiger partial charge in [-0.1, -0.05) is 18.0 Å². The minimum Gasteiger partial charge on any atom is -0.328 e. The lowest BCUT2D eigenvalue weighted by atomic mass is 9.85. The fourth-order valence-electron chi connectivity index (χ4n) is 2.47. The van der Waals surface area contributed by atoms with Crippen molar-refractivity contribution in [3.63, 3.8) is 0 Å². The standard InChI is InChI=1S/C13H16ClN3O3/c14-9-4-5-12(17(19)20)11(7-9)16-13(18)8-2-1-3-10(15)6-8/h4-5,7-8,10H,1-3,6,15H2,(H,16,18). The van der Waals surface area contributed by atoms with Crippen molar-refractivity contribution in [2.75, 3.05) is 5.32 Å². The summed E-state index contributed by atoms with van der Waals surface area (Å²) in [6, 6.07) is 4.12. The summed E-state index contributed by atoms with van der Waals surface area (Å²) in [4.78, 5) is 22.6. The zero-order chi connectivity index (χ0) is 14.7. The van der Waals surface area contributed by atoms with E-state index in [1.165, 1.54) is 18.2 Å². The number of amides is 1. The maximum absolute atomic E-state index is 12.2. The van der Waals surface area contributed by atoms with Crippen LogP contribution in [0.15, 0.2) is 18.2 Å². The minimum atomic E-state index is -0.543. The summed E-state index contributed by atoms with van der Waals surface area (Å²) in [6.07, 6.45) is 3.19. The molecule has 1 saturated carbocycles. The highest BCUT2D eigenvalue weighted by molar-refractivity contribution is 6.31. The molecule has 2 atom stereocenters. The first-order valence-corrected chi connectivity index (χ1v) is 6.85. The molecule has 1 aliphatic rings. The van der Waals surface area contributed by atoms with Gasteiger partial charge in [-0.25, -0.2) is 0 Å². The van der Waals surface area contributed by atoms with Gasteiger partial charge in [0.2, 0.25) is 5.91 Å². The third kappa shape index (κ3) is 3.46. The van der Waals surface area contributed by atoms with Crippen molar-refractivity contribution in [1.82, 2.24) is 0 Å². The average Bonchev–Trinajstić information content (AvgIpc) is 2.38. The molecule has 6 nitrogen and oxygen atoms in total. The normalized spacial score (nSPS) is 22.3. The Morgan fingerprint density at radius 2 is 2.20 bits per heavy atom. The number of rotatable bonds is 3. The Balaban J connectivity index is 2.14. The van der Waals surface area contributed by atoms with Crippen LogP contribution in [0.2, 0.25) is 5.02 Å². The summed E-state index contributed by atoms with van der Waals surface area (Å²) in [6.45, 7) is 0. The van der Waals surface area contributed by atoms with Crippen LogP contribution in [0.4, 0.5) is 11.4 Å². The number of carbonyl (C=O) groups excluding carboxylic acids is 1. The van der Waals surface area contributed by atoms with Gasteiger partial charge in [-0.3, -0.25) is 14.9 Å². The van der Waals surface area contributed by atoms with Crippen LogP contribution in [0.1, 0.15) is 25.7 Å². The largest absolute Gasteiger partial charge is 0.328 e. The molecule has 0 heterocycles. The first-order chi connectivity index (χ1) is 9.47. The van der Waals surface area contributed by atoms with Gasteiger partial charge in [-0.15, -0.1) is 0 Å². The van der Waals surface area contributed by atoms with E-state index in [0.717, 1.165) is 19.3 Å². The number of halogens is 1. The number of nitrogens with two attached hydrogens (primary N) is 1. The highest BCUT2D eigenvalue weighted by atomic mass is 35.5. The van der Waals surface area contributed by atoms with Crippen LogP contribution in [0.5, 0.6) is 0 Å². The molecule has 20 heavy (non-hydrogen) atoms. The van der Waals surface area contributed by atoms with Crippen molar-refractivity contribution < 1.29 is 9.72 Å². The molecule has 0 aromatic heterocycles. The van der Waals surface area contributed by atoms with Crippen molar-refractivity contribution in [1.29, 1.82) is 0 Å². The second-order valence-electron chi connectivity index (χ2n) is 5.03. The van der Waals surface area contributed by atoms with E-state index in [9.17, 15) is 14.9 Å². The highest BCUT2D eigenvalue weighted by Crippen LogP contribution is 2.30. The second kappa shape index (κ2) is 6.19. The Labute approximate surface area is 121 Å². The monoisotopic (exact) mass is 297 g/mol. The van der Waals surface area contributed by atoms with Gasteiger partial charge in [0, 0.05) is 23.0 Å². The van der Waals surface area contributed by atoms with Gasteiger partial charge >= 0.3 is 0 Å². The SMILES string of the molecule is NC1CCCC(C(=O)Nc2cc(Cl)ccc2[N+](=O)[O-])C1. The molecule has 1 fully saturated rings. The van der Waals surface area contributed by atoms with Gasteiger partial charge in [-0.05, 0) is 31.4 Å². The maximum atomic E-state index is 12.2. The third-order valence-corrected chi connectivity index (χ3v) is 3.73. The number of nitrogens with zero attached hydrogens (tertiary/aromatic N) is 1. The molecule has 0 bridgehead atoms. The molecule has 1 aromatic rings. The smallest absolute Gasteiger partial charge is 0.292 e. The Morgan fingerprint density at radius 1 is 1.45 bits per heavy atom. The van der Waals surface area contributed by atoms with Crippen molar-refractivity contribution in [3.8, 4) is 0 Å². The van der Waals surface area contributed by atoms with E-state index < -0.39 is 4.92 Å². The number of hydrogen-bond acceptors (Lipinski definition) is 4. The average molecular weight is 298 g/mol. The Morgan fingerprint density at radius 3 is 2.85 bits per heavy atom. The van der Waals surface area contributed by atoms with Gasteiger partial charge in [0.1, 0.15) is 5.69 Å². The summed E-state index contributed by atoms with van der Waals surface area (Å²) in [7, 11) is 0. The predicted octanol–water partition coefficient (Wildman–Crippen LogP) is 2.70. The summed E-state index contributed by atoms with van der Waals surface area (Å²) in [5, 5.41) is 13.9. The van der Waals surface area contributed by atoms with Gasteiger partial charge in [0.15, 0.2) is 0 Å². The summed E-state index contributed by atoms with van der Waals surface area (Å²) in [5.41, 5.74) is 5.82. The lowest BCUT2D eigenvalue weighted by Crippen LogP contribution is -2.34. The number of anilines is 1. The molecule has 1 amide bonds. The Hall–Kier alpha value is -1.66. The lowest BCUT2D eigenvalue weighted by molar-refractivity contribution is -0.383. The Bertz CT molecular complexity index is 536. The number of hydrogen-bond donors (Lipinski definition) is 2. The van der Waals surface area contributed by atoms with E-state index in [-0.39, 0.29) is 29.2 Å². The molecule has 108 valence electrons. The van der Waals surface area contributed by atoms with E-state index in [0.29, 0.717) is 11.4 Å². The minimum absolute atomic E-state index is 0.0221. The van der Waals surface area contributed by atoms with Crippen LogP contribution in [-0.4, -0.2) is 16.9 Å². The second-order valence-corrected chi connectivity index (χ2v) is 5.47. The summed E-state index contributed by atoms with van der Waals surface area (Å²) in [5.74, 6) is -0.428. The fourth-order valence-corrected chi connectivity index (χ4v) is 2.64. The zero-order valence-corrected chi connectivity index (χ0v) is 11.6. The third-order valence-electron chi connectivity index (χ3n) is 3.50. The molecule has 0 aliphatic heterocycles. The van der Waals surface area contributed by atoms with Gasteiger partial charge in [-0.2, -0.15) is 0 Å². The van der Waals surface area contributed by atoms with Gasteiger partial charge < -0.3 is 11.1 Å². The first kappa shape index (κ1) is 14.7.